The van der Waals surface area contributed by atoms with Crippen molar-refractivity contribution < 1.29 is 14.7 Å². The fourth-order valence-corrected chi connectivity index (χ4v) is 4.01. The number of ether oxygens (including phenoxy) is 1. The molecule has 0 amide bonds. The third-order valence-corrected chi connectivity index (χ3v) is 5.85. The van der Waals surface area contributed by atoms with Crippen LogP contribution >= 0.6 is 11.3 Å². The van der Waals surface area contributed by atoms with Crippen LogP contribution < -0.4 is 15.1 Å². The summed E-state index contributed by atoms with van der Waals surface area (Å²) in [6.45, 7) is 4.73. The van der Waals surface area contributed by atoms with Crippen LogP contribution in [-0.2, 0) is 11.3 Å². The molecule has 7 heteroatoms. The molecule has 6 nitrogen and oxygen atoms in total. The van der Waals surface area contributed by atoms with Gasteiger partial charge in [0, 0.05) is 6.42 Å². The van der Waals surface area contributed by atoms with E-state index in [2.05, 4.69) is 41.3 Å². The second kappa shape index (κ2) is 10.7. The number of hydrogen-bond acceptors (Lipinski definition) is 6. The van der Waals surface area contributed by atoms with E-state index >= 15 is 0 Å². The van der Waals surface area contributed by atoms with E-state index in [9.17, 15) is 9.90 Å². The monoisotopic (exact) mass is 460 g/mol. The van der Waals surface area contributed by atoms with Gasteiger partial charge in [-0.15, -0.1) is 0 Å². The van der Waals surface area contributed by atoms with Crippen molar-refractivity contribution in [3.8, 4) is 22.8 Å². The minimum atomic E-state index is -0.261. The van der Waals surface area contributed by atoms with Gasteiger partial charge in [0.1, 0.15) is 19.0 Å². The summed E-state index contributed by atoms with van der Waals surface area (Å²) in [5.41, 5.74) is 7.78. The minimum Gasteiger partial charge on any atom is -0.494 e. The van der Waals surface area contributed by atoms with Crippen LogP contribution in [0.15, 0.2) is 90.2 Å². The first-order valence-electron chi connectivity index (χ1n) is 10.4. The van der Waals surface area contributed by atoms with E-state index in [1.807, 2.05) is 54.6 Å². The molecule has 0 unspecified atom stereocenters. The Balaban J connectivity index is 1.18. The SMILES string of the molecule is C=C(NOCCOc1ccc(Cc2sc(=O)[nH]c2O)cc1)c1ccc(-c2ccccc2)cc1. The molecule has 0 spiro atoms. The highest BCUT2D eigenvalue weighted by atomic mass is 32.1. The Kier molecular flexibility index (Phi) is 7.24. The van der Waals surface area contributed by atoms with Crippen molar-refractivity contribution in [1.82, 2.24) is 10.5 Å². The molecule has 0 fully saturated rings. The third kappa shape index (κ3) is 6.12. The predicted octanol–water partition coefficient (Wildman–Crippen LogP) is 4.97. The number of rotatable bonds is 10. The Labute approximate surface area is 195 Å². The average Bonchev–Trinajstić information content (AvgIpc) is 3.16. The van der Waals surface area contributed by atoms with Gasteiger partial charge in [0.25, 0.3) is 0 Å². The highest BCUT2D eigenvalue weighted by Crippen LogP contribution is 2.22. The summed E-state index contributed by atoms with van der Waals surface area (Å²) in [7, 11) is 0. The molecule has 0 radical (unpaired) electrons. The fourth-order valence-electron chi connectivity index (χ4n) is 3.25. The lowest BCUT2D eigenvalue weighted by Crippen LogP contribution is -2.17. The van der Waals surface area contributed by atoms with Gasteiger partial charge in [-0.2, -0.15) is 0 Å². The molecule has 4 aromatic rings. The van der Waals surface area contributed by atoms with Gasteiger partial charge in [0.15, 0.2) is 0 Å². The van der Waals surface area contributed by atoms with Crippen molar-refractivity contribution in [1.29, 1.82) is 0 Å². The van der Waals surface area contributed by atoms with Crippen molar-refractivity contribution >= 4 is 17.0 Å². The largest absolute Gasteiger partial charge is 0.494 e. The van der Waals surface area contributed by atoms with Crippen molar-refractivity contribution in [2.24, 2.45) is 0 Å². The molecule has 0 saturated heterocycles. The van der Waals surface area contributed by atoms with Crippen LogP contribution in [0, 0.1) is 0 Å². The smallest absolute Gasteiger partial charge is 0.307 e. The maximum absolute atomic E-state index is 11.3. The van der Waals surface area contributed by atoms with Crippen LogP contribution in [0.1, 0.15) is 16.0 Å². The first-order chi connectivity index (χ1) is 16.1. The number of thiazole rings is 1. The second-order valence-corrected chi connectivity index (χ2v) is 8.40. The van der Waals surface area contributed by atoms with Crippen LogP contribution in [0.25, 0.3) is 16.8 Å². The van der Waals surface area contributed by atoms with Gasteiger partial charge in [-0.05, 0) is 34.4 Å². The Morgan fingerprint density at radius 3 is 2.30 bits per heavy atom. The summed E-state index contributed by atoms with van der Waals surface area (Å²) in [6, 6.07) is 25.8. The van der Waals surface area contributed by atoms with Gasteiger partial charge in [-0.1, -0.05) is 84.6 Å². The molecule has 0 atom stereocenters. The van der Waals surface area contributed by atoms with E-state index in [1.54, 1.807) is 0 Å². The lowest BCUT2D eigenvalue weighted by Gasteiger charge is -2.12. The Hall–Kier alpha value is -3.81. The number of aromatic nitrogens is 1. The predicted molar refractivity (Wildman–Crippen MR) is 131 cm³/mol. The summed E-state index contributed by atoms with van der Waals surface area (Å²) < 4.78 is 5.69. The third-order valence-electron chi connectivity index (χ3n) is 4.98. The molecule has 1 aromatic heterocycles. The number of aromatic amines is 1. The van der Waals surface area contributed by atoms with E-state index in [0.29, 0.717) is 36.0 Å². The molecule has 0 saturated carbocycles. The van der Waals surface area contributed by atoms with Crippen molar-refractivity contribution in [2.45, 2.75) is 6.42 Å². The van der Waals surface area contributed by atoms with Gasteiger partial charge in [-0.3, -0.25) is 20.1 Å². The van der Waals surface area contributed by atoms with Gasteiger partial charge in [-0.25, -0.2) is 0 Å². The molecule has 3 aromatic carbocycles. The quantitative estimate of drug-likeness (QED) is 0.230. The minimum absolute atomic E-state index is 0.0660. The molecule has 0 aliphatic rings. The highest BCUT2D eigenvalue weighted by molar-refractivity contribution is 7.09. The maximum Gasteiger partial charge on any atom is 0.307 e. The number of hydrogen-bond donors (Lipinski definition) is 3. The molecule has 0 aliphatic heterocycles. The number of benzene rings is 3. The van der Waals surface area contributed by atoms with E-state index in [0.717, 1.165) is 28.0 Å². The Morgan fingerprint density at radius 1 is 0.939 bits per heavy atom. The van der Waals surface area contributed by atoms with Crippen molar-refractivity contribution in [3.63, 3.8) is 0 Å². The molecule has 33 heavy (non-hydrogen) atoms. The number of aromatic hydroxyl groups is 1. The molecule has 0 aliphatic carbocycles. The van der Waals surface area contributed by atoms with Crippen molar-refractivity contribution in [2.75, 3.05) is 13.2 Å². The molecule has 1 heterocycles. The van der Waals surface area contributed by atoms with Gasteiger partial charge in [0.2, 0.25) is 5.88 Å². The Morgan fingerprint density at radius 2 is 1.64 bits per heavy atom. The summed E-state index contributed by atoms with van der Waals surface area (Å²) in [5, 5.41) is 9.69. The topological polar surface area (TPSA) is 83.6 Å². The van der Waals surface area contributed by atoms with Crippen LogP contribution in [-0.4, -0.2) is 23.3 Å². The van der Waals surface area contributed by atoms with Gasteiger partial charge < -0.3 is 9.84 Å². The van der Waals surface area contributed by atoms with Crippen LogP contribution in [0.2, 0.25) is 0 Å². The lowest BCUT2D eigenvalue weighted by molar-refractivity contribution is 0.0541. The summed E-state index contributed by atoms with van der Waals surface area (Å²) >= 11 is 1.01. The van der Waals surface area contributed by atoms with E-state index < -0.39 is 0 Å². The molecular weight excluding hydrogens is 436 g/mol. The number of hydroxylamine groups is 1. The molecular formula is C26H24N2O4S. The van der Waals surface area contributed by atoms with Gasteiger partial charge in [0.05, 0.1) is 10.6 Å². The van der Waals surface area contributed by atoms with E-state index in [-0.39, 0.29) is 10.8 Å². The molecule has 0 bridgehead atoms. The first kappa shape index (κ1) is 22.4. The zero-order valence-corrected chi connectivity index (χ0v) is 18.7. The molecule has 4 rings (SSSR count). The van der Waals surface area contributed by atoms with Crippen LogP contribution in [0.5, 0.6) is 11.6 Å². The standard InChI is InChI=1S/C26H24N2O4S/c1-18(20-9-11-22(12-10-20)21-5-3-2-4-6-21)28-32-16-15-31-23-13-7-19(8-14-23)17-24-25(29)27-26(30)33-24/h2-14,28-29H,1,15-17H2,(H,27,30). The Bertz CT molecular complexity index is 1250. The van der Waals surface area contributed by atoms with Crippen LogP contribution in [0.4, 0.5) is 0 Å². The average molecular weight is 461 g/mol. The lowest BCUT2D eigenvalue weighted by atomic mass is 10.0. The molecule has 3 N–H and O–H groups in total. The highest BCUT2D eigenvalue weighted by Gasteiger charge is 2.08. The van der Waals surface area contributed by atoms with Crippen LogP contribution in [0.3, 0.4) is 0 Å². The first-order valence-corrected chi connectivity index (χ1v) is 11.3. The number of H-pyrrole nitrogens is 1. The summed E-state index contributed by atoms with van der Waals surface area (Å²) in [5.74, 6) is 0.646. The second-order valence-electron chi connectivity index (χ2n) is 7.33. The molecule has 168 valence electrons. The number of nitrogens with one attached hydrogen (secondary N) is 2. The summed E-state index contributed by atoms with van der Waals surface area (Å²) in [6.07, 6.45) is 0.483. The van der Waals surface area contributed by atoms with Gasteiger partial charge >= 0.3 is 4.87 Å². The normalized spacial score (nSPS) is 10.7. The maximum atomic E-state index is 11.3. The van der Waals surface area contributed by atoms with Crippen molar-refractivity contribution in [3.05, 3.63) is 111 Å². The van der Waals surface area contributed by atoms with E-state index in [1.165, 1.54) is 5.56 Å². The summed E-state index contributed by atoms with van der Waals surface area (Å²) in [4.78, 5) is 19.5. The zero-order chi connectivity index (χ0) is 23.0. The van der Waals surface area contributed by atoms with E-state index in [4.69, 9.17) is 9.57 Å². The zero-order valence-electron chi connectivity index (χ0n) is 17.9. The fraction of sp³-hybridized carbons (Fsp3) is 0.115.